The van der Waals surface area contributed by atoms with E-state index in [1.807, 2.05) is 21.1 Å². The Hall–Kier alpha value is -1.71. The van der Waals surface area contributed by atoms with Crippen molar-refractivity contribution in [1.82, 2.24) is 0 Å². The summed E-state index contributed by atoms with van der Waals surface area (Å²) in [6.07, 6.45) is 38.4. The SMILES string of the molecule is CCCCCCCCCCCCCCCCCCCC(=O)OC(COC(=O)CCCCCCCCCCCCCCCCC)COC(OCC[N+](C)(C)C)C(=O)[O-]. The van der Waals surface area contributed by atoms with Crippen molar-refractivity contribution in [3.05, 3.63) is 0 Å². The standard InChI is InChI=1S/C48H93NO8/c1-6-8-10-12-14-16-18-20-22-23-25-27-29-31-33-35-37-39-46(51)57-44(43-56-48(47(52)53)54-41-40-49(3,4)5)42-55-45(50)38-36-34-32-30-28-26-24-21-19-17-15-13-11-9-7-2/h44,48H,6-43H2,1-5H3. The van der Waals surface area contributed by atoms with Crippen molar-refractivity contribution in [3.8, 4) is 0 Å². The van der Waals surface area contributed by atoms with Crippen LogP contribution >= 0.6 is 0 Å². The molecule has 0 spiro atoms. The zero-order valence-corrected chi connectivity index (χ0v) is 38.2. The van der Waals surface area contributed by atoms with Crippen LogP contribution < -0.4 is 5.11 Å². The third-order valence-electron chi connectivity index (χ3n) is 10.9. The number of nitrogens with zero attached hydrogens (tertiary/aromatic N) is 1. The Bertz CT molecular complexity index is 907. The average Bonchev–Trinajstić information content (AvgIpc) is 3.17. The Labute approximate surface area is 352 Å². The lowest BCUT2D eigenvalue weighted by Gasteiger charge is -2.26. The molecule has 0 aromatic carbocycles. The van der Waals surface area contributed by atoms with E-state index >= 15 is 0 Å². The second-order valence-corrected chi connectivity index (χ2v) is 17.8. The van der Waals surface area contributed by atoms with Crippen molar-refractivity contribution in [2.45, 2.75) is 245 Å². The molecular formula is C48H93NO8. The van der Waals surface area contributed by atoms with Crippen molar-refractivity contribution in [2.24, 2.45) is 0 Å². The highest BCUT2D eigenvalue weighted by atomic mass is 16.7. The van der Waals surface area contributed by atoms with E-state index in [0.29, 0.717) is 17.4 Å². The molecule has 0 fully saturated rings. The first-order chi connectivity index (χ1) is 27.6. The van der Waals surface area contributed by atoms with Crippen molar-refractivity contribution >= 4 is 17.9 Å². The molecule has 0 saturated heterocycles. The highest BCUT2D eigenvalue weighted by Gasteiger charge is 2.22. The van der Waals surface area contributed by atoms with Crippen LogP contribution in [0.5, 0.6) is 0 Å². The Morgan fingerprint density at radius 3 is 1.12 bits per heavy atom. The van der Waals surface area contributed by atoms with Gasteiger partial charge in [-0.25, -0.2) is 0 Å². The molecule has 0 aromatic rings. The van der Waals surface area contributed by atoms with Crippen molar-refractivity contribution in [3.63, 3.8) is 0 Å². The number of carbonyl (C=O) groups excluding carboxylic acids is 3. The molecule has 0 aliphatic rings. The van der Waals surface area contributed by atoms with Crippen LogP contribution in [-0.2, 0) is 33.3 Å². The van der Waals surface area contributed by atoms with Crippen LogP contribution in [-0.4, -0.2) is 82.3 Å². The number of likely N-dealkylation sites (N-methyl/N-ethyl adjacent to an activating group) is 1. The van der Waals surface area contributed by atoms with Crippen molar-refractivity contribution < 1.29 is 42.9 Å². The quantitative estimate of drug-likeness (QED) is 0.0259. The number of aliphatic carboxylic acids is 1. The van der Waals surface area contributed by atoms with E-state index in [1.54, 1.807) is 0 Å². The van der Waals surface area contributed by atoms with Crippen LogP contribution in [0.1, 0.15) is 232 Å². The molecule has 338 valence electrons. The Balaban J connectivity index is 4.34. The summed E-state index contributed by atoms with van der Waals surface area (Å²) in [6, 6.07) is 0. The maximum atomic E-state index is 12.8. The molecule has 0 aliphatic heterocycles. The number of hydrogen-bond acceptors (Lipinski definition) is 8. The molecule has 57 heavy (non-hydrogen) atoms. The van der Waals surface area contributed by atoms with Gasteiger partial charge in [0.05, 0.1) is 40.3 Å². The highest BCUT2D eigenvalue weighted by molar-refractivity contribution is 5.70. The molecule has 9 nitrogen and oxygen atoms in total. The van der Waals surface area contributed by atoms with Crippen LogP contribution in [0.15, 0.2) is 0 Å². The molecule has 0 heterocycles. The summed E-state index contributed by atoms with van der Waals surface area (Å²) in [6.45, 7) is 4.78. The normalized spacial score (nSPS) is 12.8. The summed E-state index contributed by atoms with van der Waals surface area (Å²) in [7, 11) is 5.92. The molecule has 0 aliphatic carbocycles. The molecule has 0 bridgehead atoms. The van der Waals surface area contributed by atoms with Crippen LogP contribution in [0, 0.1) is 0 Å². The summed E-state index contributed by atoms with van der Waals surface area (Å²) in [4.78, 5) is 37.0. The molecular weight excluding hydrogens is 719 g/mol. The number of esters is 2. The maximum Gasteiger partial charge on any atom is 0.306 e. The molecule has 0 saturated carbocycles. The van der Waals surface area contributed by atoms with Crippen LogP contribution in [0.4, 0.5) is 0 Å². The van der Waals surface area contributed by atoms with E-state index in [-0.39, 0.29) is 32.2 Å². The number of hydrogen-bond donors (Lipinski definition) is 0. The van der Waals surface area contributed by atoms with Crippen LogP contribution in [0.2, 0.25) is 0 Å². The van der Waals surface area contributed by atoms with Gasteiger partial charge < -0.3 is 33.3 Å². The second kappa shape index (κ2) is 41.0. The topological polar surface area (TPSA) is 111 Å². The number of ether oxygens (including phenoxy) is 4. The summed E-state index contributed by atoms with van der Waals surface area (Å²) >= 11 is 0. The molecule has 0 amide bonds. The molecule has 0 rings (SSSR count). The van der Waals surface area contributed by atoms with E-state index < -0.39 is 24.3 Å². The average molecular weight is 812 g/mol. The van der Waals surface area contributed by atoms with Gasteiger partial charge in [-0.15, -0.1) is 0 Å². The monoisotopic (exact) mass is 812 g/mol. The minimum atomic E-state index is -1.61. The summed E-state index contributed by atoms with van der Waals surface area (Å²) in [5.74, 6) is -2.26. The molecule has 2 unspecified atom stereocenters. The zero-order chi connectivity index (χ0) is 42.1. The first-order valence-electron chi connectivity index (χ1n) is 24.2. The maximum absolute atomic E-state index is 12.8. The predicted molar refractivity (Wildman–Crippen MR) is 233 cm³/mol. The van der Waals surface area contributed by atoms with Gasteiger partial charge in [-0.05, 0) is 12.8 Å². The second-order valence-electron chi connectivity index (χ2n) is 17.8. The van der Waals surface area contributed by atoms with Gasteiger partial charge in [0.15, 0.2) is 12.4 Å². The Morgan fingerprint density at radius 1 is 0.456 bits per heavy atom. The lowest BCUT2D eigenvalue weighted by atomic mass is 10.0. The summed E-state index contributed by atoms with van der Waals surface area (Å²) in [5, 5.41) is 11.7. The number of quaternary nitrogens is 1. The van der Waals surface area contributed by atoms with Crippen molar-refractivity contribution in [2.75, 3.05) is 47.5 Å². The van der Waals surface area contributed by atoms with Crippen LogP contribution in [0.3, 0.4) is 0 Å². The minimum absolute atomic E-state index is 0.153. The zero-order valence-electron chi connectivity index (χ0n) is 38.2. The van der Waals surface area contributed by atoms with Gasteiger partial charge in [0, 0.05) is 12.8 Å². The van der Waals surface area contributed by atoms with Gasteiger partial charge in [-0.2, -0.15) is 0 Å². The van der Waals surface area contributed by atoms with E-state index in [9.17, 15) is 19.5 Å². The van der Waals surface area contributed by atoms with E-state index in [4.69, 9.17) is 18.9 Å². The molecule has 2 atom stereocenters. The van der Waals surface area contributed by atoms with Gasteiger partial charge in [-0.3, -0.25) is 9.59 Å². The lowest BCUT2D eigenvalue weighted by Crippen LogP contribution is -2.44. The van der Waals surface area contributed by atoms with Crippen LogP contribution in [0.25, 0.3) is 0 Å². The van der Waals surface area contributed by atoms with E-state index in [1.165, 1.54) is 167 Å². The third kappa shape index (κ3) is 42.2. The van der Waals surface area contributed by atoms with Gasteiger partial charge in [-0.1, -0.05) is 206 Å². The Morgan fingerprint density at radius 2 is 0.789 bits per heavy atom. The van der Waals surface area contributed by atoms with Crippen molar-refractivity contribution in [1.29, 1.82) is 0 Å². The van der Waals surface area contributed by atoms with Gasteiger partial charge in [0.1, 0.15) is 13.2 Å². The minimum Gasteiger partial charge on any atom is -0.545 e. The third-order valence-corrected chi connectivity index (χ3v) is 10.9. The smallest absolute Gasteiger partial charge is 0.306 e. The van der Waals surface area contributed by atoms with Gasteiger partial charge in [0.2, 0.25) is 0 Å². The molecule has 9 heteroatoms. The van der Waals surface area contributed by atoms with E-state index in [2.05, 4.69) is 13.8 Å². The lowest BCUT2D eigenvalue weighted by molar-refractivity contribution is -0.870. The van der Waals surface area contributed by atoms with Gasteiger partial charge >= 0.3 is 11.9 Å². The molecule has 0 N–H and O–H groups in total. The van der Waals surface area contributed by atoms with Gasteiger partial charge in [0.25, 0.3) is 0 Å². The predicted octanol–water partition coefficient (Wildman–Crippen LogP) is 11.6. The Kier molecular flexibility index (Phi) is 39.8. The number of carboxylic acids is 1. The molecule has 0 aromatic heterocycles. The first-order valence-corrected chi connectivity index (χ1v) is 24.2. The first kappa shape index (κ1) is 55.3. The fourth-order valence-corrected chi connectivity index (χ4v) is 7.07. The number of carbonyl (C=O) groups is 3. The summed E-state index contributed by atoms with van der Waals surface area (Å²) in [5.41, 5.74) is 0. The number of rotatable bonds is 45. The fraction of sp³-hybridized carbons (Fsp3) is 0.938. The summed E-state index contributed by atoms with van der Waals surface area (Å²) < 4.78 is 22.6. The van der Waals surface area contributed by atoms with E-state index in [0.717, 1.165) is 38.5 Å². The fourth-order valence-electron chi connectivity index (χ4n) is 7.07. The number of unbranched alkanes of at least 4 members (excludes halogenated alkanes) is 30. The largest absolute Gasteiger partial charge is 0.545 e. The molecule has 0 radical (unpaired) electrons. The number of carboxylic acid groups (broad SMARTS) is 1. The highest BCUT2D eigenvalue weighted by Crippen LogP contribution is 2.16.